The van der Waals surface area contributed by atoms with Crippen LogP contribution in [0.5, 0.6) is 5.88 Å². The lowest BCUT2D eigenvalue weighted by atomic mass is 10.2. The van der Waals surface area contributed by atoms with Crippen molar-refractivity contribution in [2.24, 2.45) is 0 Å². The molecule has 3 N–H and O–H groups in total. The monoisotopic (exact) mass is 720 g/mol. The first-order valence-electron chi connectivity index (χ1n) is 13.8. The molecule has 0 fully saturated rings. The van der Waals surface area contributed by atoms with Gasteiger partial charge in [0, 0.05) is 50.0 Å². The van der Waals surface area contributed by atoms with E-state index in [4.69, 9.17) is 44.6 Å². The highest BCUT2D eigenvalue weighted by atomic mass is 35.5. The summed E-state index contributed by atoms with van der Waals surface area (Å²) in [5.74, 6) is -2.12. The Kier molecular flexibility index (Phi) is 12.4. The van der Waals surface area contributed by atoms with Gasteiger partial charge in [-0.05, 0) is 60.7 Å². The number of ether oxygens (including phenoxy) is 1. The van der Waals surface area contributed by atoms with E-state index in [9.17, 15) is 19.2 Å². The maximum absolute atomic E-state index is 12.0. The van der Waals surface area contributed by atoms with E-state index >= 15 is 0 Å². The number of carboxylic acid groups (broad SMARTS) is 1. The van der Waals surface area contributed by atoms with Gasteiger partial charge in [0.25, 0.3) is 17.7 Å². The summed E-state index contributed by atoms with van der Waals surface area (Å²) >= 11 is 17.5. The number of carbonyl (C=O) groups is 4. The number of aromatic nitrogens is 6. The maximum Gasteiger partial charge on any atom is 0.346 e. The number of rotatable bonds is 5. The fourth-order valence-electron chi connectivity index (χ4n) is 3.78. The van der Waals surface area contributed by atoms with Gasteiger partial charge in [0.15, 0.2) is 15.5 Å². The minimum Gasteiger partial charge on any atom is -0.478 e. The number of carboxylic acids is 1. The molecule has 0 aliphatic carbocycles. The molecule has 0 saturated heterocycles. The second kappa shape index (κ2) is 16.8. The summed E-state index contributed by atoms with van der Waals surface area (Å²) < 4.78 is 5.17. The van der Waals surface area contributed by atoms with Gasteiger partial charge in [-0.25, -0.2) is 29.5 Å². The molecule has 0 bridgehead atoms. The highest BCUT2D eigenvalue weighted by molar-refractivity contribution is 6.40. The number of carbonyl (C=O) groups excluding carboxylic acids is 3. The van der Waals surface area contributed by atoms with Crippen molar-refractivity contribution in [3.05, 3.63) is 123 Å². The van der Waals surface area contributed by atoms with E-state index < -0.39 is 11.9 Å². The van der Waals surface area contributed by atoms with Crippen molar-refractivity contribution in [3.63, 3.8) is 0 Å². The fraction of sp³-hybridized carbons (Fsp3) is 0.0625. The Hall–Kier alpha value is -5.83. The molecule has 2 aromatic carbocycles. The molecule has 49 heavy (non-hydrogen) atoms. The normalized spacial score (nSPS) is 10.1. The first-order valence-corrected chi connectivity index (χ1v) is 14.9. The molecule has 0 aliphatic heterocycles. The highest BCUT2D eigenvalue weighted by Crippen LogP contribution is 2.25. The third-order valence-electron chi connectivity index (χ3n) is 6.15. The molecule has 0 saturated carbocycles. The molecule has 2 amide bonds. The Morgan fingerprint density at radius 2 is 1.08 bits per heavy atom. The lowest BCUT2D eigenvalue weighted by molar-refractivity contribution is 0.0693. The van der Waals surface area contributed by atoms with E-state index in [1.54, 1.807) is 67.8 Å². The van der Waals surface area contributed by atoms with Crippen LogP contribution in [0.2, 0.25) is 15.5 Å². The Balaban J connectivity index is 0.000000185. The molecule has 0 radical (unpaired) electrons. The van der Waals surface area contributed by atoms with Gasteiger partial charge < -0.3 is 20.5 Å². The summed E-state index contributed by atoms with van der Waals surface area (Å²) in [7, 11) is 3.10. The van der Waals surface area contributed by atoms with Gasteiger partial charge in [0.1, 0.15) is 0 Å². The number of fused-ring (bicyclic) bond motifs is 2. The molecule has 0 spiro atoms. The van der Waals surface area contributed by atoms with E-state index in [2.05, 4.69) is 40.5 Å². The average molecular weight is 722 g/mol. The molecule has 17 heteroatoms. The van der Waals surface area contributed by atoms with Crippen LogP contribution in [0.1, 0.15) is 41.4 Å². The summed E-state index contributed by atoms with van der Waals surface area (Å²) in [5, 5.41) is 13.6. The third kappa shape index (κ3) is 9.60. The van der Waals surface area contributed by atoms with Crippen molar-refractivity contribution in [1.29, 1.82) is 0 Å². The second-order valence-corrected chi connectivity index (χ2v) is 10.4. The highest BCUT2D eigenvalue weighted by Gasteiger charge is 2.16. The molecule has 4 heterocycles. The minimum atomic E-state index is -0.942. The van der Waals surface area contributed by atoms with Crippen LogP contribution in [0, 0.1) is 0 Å². The topological polar surface area (TPSA) is 199 Å². The number of nitrogens with one attached hydrogen (secondary N) is 2. The summed E-state index contributed by atoms with van der Waals surface area (Å²) in [4.78, 5) is 69.1. The van der Waals surface area contributed by atoms with Crippen LogP contribution in [0.4, 0.5) is 0 Å². The summed E-state index contributed by atoms with van der Waals surface area (Å²) in [6.07, 6.45) is 5.76. The van der Waals surface area contributed by atoms with Gasteiger partial charge in [-0.3, -0.25) is 19.6 Å². The van der Waals surface area contributed by atoms with Crippen LogP contribution >= 0.6 is 34.8 Å². The average Bonchev–Trinajstić information content (AvgIpc) is 3.12. The van der Waals surface area contributed by atoms with Crippen molar-refractivity contribution in [2.75, 3.05) is 14.1 Å². The van der Waals surface area contributed by atoms with Gasteiger partial charge in [-0.15, -0.1) is 0 Å². The van der Waals surface area contributed by atoms with Gasteiger partial charge in [0.05, 0.1) is 33.2 Å². The molecule has 6 aromatic rings. The predicted octanol–water partition coefficient (Wildman–Crippen LogP) is 5.33. The zero-order valence-corrected chi connectivity index (χ0v) is 27.7. The van der Waals surface area contributed by atoms with Crippen LogP contribution in [0.25, 0.3) is 22.1 Å². The molecule has 248 valence electrons. The third-order valence-corrected chi connectivity index (χ3v) is 7.02. The van der Waals surface area contributed by atoms with Gasteiger partial charge >= 0.3 is 11.9 Å². The van der Waals surface area contributed by atoms with E-state index in [1.165, 1.54) is 31.7 Å². The summed E-state index contributed by atoms with van der Waals surface area (Å²) in [5.41, 5.74) is 3.42. The first kappa shape index (κ1) is 36.0. The number of benzene rings is 2. The number of nitrogens with zero attached hydrogens (tertiary/aromatic N) is 6. The van der Waals surface area contributed by atoms with E-state index in [-0.39, 0.29) is 44.3 Å². The summed E-state index contributed by atoms with van der Waals surface area (Å²) in [6, 6.07) is 16.0. The van der Waals surface area contributed by atoms with Crippen LogP contribution in [0.3, 0.4) is 0 Å². The zero-order valence-electron chi connectivity index (χ0n) is 25.4. The number of hydrogen-bond donors (Lipinski definition) is 3. The largest absolute Gasteiger partial charge is 0.478 e. The van der Waals surface area contributed by atoms with Gasteiger partial charge in [0.2, 0.25) is 0 Å². The van der Waals surface area contributed by atoms with Crippen molar-refractivity contribution in [3.8, 4) is 5.88 Å². The molecule has 0 atom stereocenters. The number of esters is 1. The first-order chi connectivity index (χ1) is 23.5. The lowest BCUT2D eigenvalue weighted by Crippen LogP contribution is -2.17. The molecule has 4 aromatic heterocycles. The van der Waals surface area contributed by atoms with Crippen molar-refractivity contribution >= 4 is 80.6 Å². The van der Waals surface area contributed by atoms with Crippen molar-refractivity contribution in [1.82, 2.24) is 40.5 Å². The quantitative estimate of drug-likeness (QED) is 0.194. The van der Waals surface area contributed by atoms with Crippen LogP contribution in [0.15, 0.2) is 85.5 Å². The Bertz CT molecular complexity index is 2160. The number of amides is 2. The fourth-order valence-corrected chi connectivity index (χ4v) is 4.22. The minimum absolute atomic E-state index is 0.0752. The predicted molar refractivity (Wildman–Crippen MR) is 181 cm³/mol. The molecular weight excluding hydrogens is 699 g/mol. The second-order valence-electron chi connectivity index (χ2n) is 9.37. The zero-order chi connectivity index (χ0) is 35.5. The van der Waals surface area contributed by atoms with E-state index in [1.807, 2.05) is 0 Å². The number of hydrogen-bond acceptors (Lipinski definition) is 11. The summed E-state index contributed by atoms with van der Waals surface area (Å²) in [6.45, 7) is 0. The van der Waals surface area contributed by atoms with Crippen LogP contribution < -0.4 is 15.4 Å². The van der Waals surface area contributed by atoms with Crippen molar-refractivity contribution < 1.29 is 29.0 Å². The molecule has 0 unspecified atom stereocenters. The molecule has 0 aliphatic rings. The van der Waals surface area contributed by atoms with E-state index in [0.717, 1.165) is 0 Å². The number of aromatic carboxylic acids is 1. The number of halogens is 3. The Morgan fingerprint density at radius 3 is 1.53 bits per heavy atom. The van der Waals surface area contributed by atoms with Gasteiger partial charge in [-0.2, -0.15) is 0 Å². The van der Waals surface area contributed by atoms with Crippen LogP contribution in [-0.2, 0) is 0 Å². The SMILES string of the molecule is CNC(=O)c1ccc2nc(Cl)c(Cl)nc2c1.CNC(=O)c1ccc2nc(OC(=O)c3cccnc3)c(Cl)nc2c1.O=C(O)c1cccnc1. The number of pyridine rings is 2. The van der Waals surface area contributed by atoms with Crippen LogP contribution in [-0.4, -0.2) is 72.9 Å². The molecule has 6 rings (SSSR count). The molecular formula is C32H23Cl3N8O6. The Labute approximate surface area is 292 Å². The lowest BCUT2D eigenvalue weighted by Gasteiger charge is -2.07. The maximum atomic E-state index is 12.0. The van der Waals surface area contributed by atoms with E-state index in [0.29, 0.717) is 33.2 Å². The Morgan fingerprint density at radius 1 is 0.612 bits per heavy atom. The van der Waals surface area contributed by atoms with Gasteiger partial charge in [-0.1, -0.05) is 34.8 Å². The standard InChI is InChI=1S/C16H11ClN4O3.C10H7Cl2N3O.C6H5NO2/c1-18-14(22)9-4-5-11-12(7-9)20-13(17)15(21-11)24-16(23)10-3-2-6-19-8-10;1-13-10(16)5-2-3-6-7(4-5)15-9(12)8(11)14-6;8-6(9)5-2-1-3-7-4-5/h2-8H,1H3,(H,18,22);2-4H,1H3,(H,13,16);1-4H,(H,8,9). The molecule has 14 nitrogen and oxygen atoms in total. The smallest absolute Gasteiger partial charge is 0.346 e. The van der Waals surface area contributed by atoms with Crippen molar-refractivity contribution in [2.45, 2.75) is 0 Å².